The molecule has 0 spiro atoms. The first-order valence-electron chi connectivity index (χ1n) is 9.53. The van der Waals surface area contributed by atoms with Crippen LogP contribution in [0.3, 0.4) is 0 Å². The number of hydrogen-bond acceptors (Lipinski definition) is 5. The van der Waals surface area contributed by atoms with Crippen molar-refractivity contribution in [1.82, 2.24) is 20.3 Å². The van der Waals surface area contributed by atoms with E-state index >= 15 is 0 Å². The summed E-state index contributed by atoms with van der Waals surface area (Å²) in [5.41, 5.74) is 5.58. The second-order valence-electron chi connectivity index (χ2n) is 6.98. The molecule has 146 valence electrons. The Morgan fingerprint density at radius 2 is 1.72 bits per heavy atom. The highest BCUT2D eigenvalue weighted by atomic mass is 16.5. The lowest BCUT2D eigenvalue weighted by Gasteiger charge is -2.10. The Labute approximate surface area is 169 Å². The predicted molar refractivity (Wildman–Crippen MR) is 113 cm³/mol. The highest BCUT2D eigenvalue weighted by Gasteiger charge is 2.09. The van der Waals surface area contributed by atoms with E-state index in [1.807, 2.05) is 57.2 Å². The number of carbonyl (C=O) groups is 1. The number of nitrogens with one attached hydrogen (secondary N) is 1. The van der Waals surface area contributed by atoms with Crippen molar-refractivity contribution in [2.75, 3.05) is 13.2 Å². The number of fused-ring (bicyclic) bond motifs is 2. The molecule has 0 atom stereocenters. The normalized spacial score (nSPS) is 11.0. The molecule has 1 N–H and O–H groups in total. The summed E-state index contributed by atoms with van der Waals surface area (Å²) in [6.07, 6.45) is 0. The van der Waals surface area contributed by atoms with Crippen molar-refractivity contribution in [3.63, 3.8) is 0 Å². The lowest BCUT2D eigenvalue weighted by atomic mass is 10.1. The number of hydrogen-bond donors (Lipinski definition) is 1. The molecule has 0 aliphatic rings. The maximum Gasteiger partial charge on any atom is 0.251 e. The van der Waals surface area contributed by atoms with Gasteiger partial charge in [0.25, 0.3) is 5.91 Å². The molecular weight excluding hydrogens is 364 g/mol. The van der Waals surface area contributed by atoms with Crippen molar-refractivity contribution >= 4 is 27.8 Å². The minimum Gasteiger partial charge on any atom is -0.489 e. The fourth-order valence-electron chi connectivity index (χ4n) is 3.13. The van der Waals surface area contributed by atoms with Crippen molar-refractivity contribution in [3.05, 3.63) is 71.2 Å². The Kier molecular flexibility index (Phi) is 5.08. The van der Waals surface area contributed by atoms with Crippen molar-refractivity contribution in [3.8, 4) is 5.75 Å². The van der Waals surface area contributed by atoms with Crippen LogP contribution in [0.25, 0.3) is 21.9 Å². The Balaban J connectivity index is 1.40. The third-order valence-corrected chi connectivity index (χ3v) is 4.81. The lowest BCUT2D eigenvalue weighted by Crippen LogP contribution is -2.28. The molecule has 0 saturated carbocycles. The first kappa shape index (κ1) is 18.8. The van der Waals surface area contributed by atoms with Gasteiger partial charge in [0, 0.05) is 16.6 Å². The van der Waals surface area contributed by atoms with Crippen molar-refractivity contribution in [2.24, 2.45) is 0 Å². The fraction of sp³-hybridized carbons (Fsp3) is 0.217. The summed E-state index contributed by atoms with van der Waals surface area (Å²) >= 11 is 0. The summed E-state index contributed by atoms with van der Waals surface area (Å²) < 4.78 is 5.86. The smallest absolute Gasteiger partial charge is 0.251 e. The van der Waals surface area contributed by atoms with Gasteiger partial charge in [0.15, 0.2) is 0 Å². The highest BCUT2D eigenvalue weighted by Crippen LogP contribution is 2.23. The van der Waals surface area contributed by atoms with Gasteiger partial charge in [-0.05, 0) is 51.1 Å². The summed E-state index contributed by atoms with van der Waals surface area (Å²) in [6.45, 7) is 6.53. The number of aromatic nitrogens is 3. The second-order valence-corrected chi connectivity index (χ2v) is 6.98. The summed E-state index contributed by atoms with van der Waals surface area (Å²) in [7, 11) is 0. The standard InChI is InChI=1S/C23H22N4O2/c1-14-7-8-17-5-4-6-21(22(17)25-14)29-12-11-24-23(28)18-9-10-19-20(13-18)27-16(3)15(2)26-19/h4-10,13H,11-12H2,1-3H3,(H,24,28). The van der Waals surface area contributed by atoms with Gasteiger partial charge >= 0.3 is 0 Å². The number of pyridine rings is 1. The molecule has 2 aromatic heterocycles. The van der Waals surface area contributed by atoms with Crippen LogP contribution in [0, 0.1) is 20.8 Å². The Hall–Kier alpha value is -3.54. The first-order chi connectivity index (χ1) is 14.0. The average Bonchev–Trinajstić information content (AvgIpc) is 2.71. The maximum atomic E-state index is 12.5. The van der Waals surface area contributed by atoms with Gasteiger partial charge in [0.1, 0.15) is 17.9 Å². The van der Waals surface area contributed by atoms with Gasteiger partial charge in [-0.1, -0.05) is 18.2 Å². The summed E-state index contributed by atoms with van der Waals surface area (Å²) in [5.74, 6) is 0.551. The average molecular weight is 386 g/mol. The summed E-state index contributed by atoms with van der Waals surface area (Å²) in [4.78, 5) is 26.0. The number of ether oxygens (including phenoxy) is 1. The van der Waals surface area contributed by atoms with Crippen molar-refractivity contribution < 1.29 is 9.53 Å². The van der Waals surface area contributed by atoms with Crippen molar-refractivity contribution in [2.45, 2.75) is 20.8 Å². The van der Waals surface area contributed by atoms with Gasteiger partial charge in [-0.3, -0.25) is 4.79 Å². The quantitative estimate of drug-likeness (QED) is 0.526. The third-order valence-electron chi connectivity index (χ3n) is 4.81. The van der Waals surface area contributed by atoms with Crippen LogP contribution in [0.1, 0.15) is 27.4 Å². The van der Waals surface area contributed by atoms with Crippen LogP contribution in [-0.2, 0) is 0 Å². The van der Waals surface area contributed by atoms with Crippen LogP contribution in [0.4, 0.5) is 0 Å². The number of amides is 1. The molecular formula is C23H22N4O2. The van der Waals surface area contributed by atoms with Crippen molar-refractivity contribution in [1.29, 1.82) is 0 Å². The molecule has 2 aromatic carbocycles. The molecule has 29 heavy (non-hydrogen) atoms. The molecule has 4 aromatic rings. The Morgan fingerprint density at radius 3 is 2.55 bits per heavy atom. The molecule has 6 nitrogen and oxygen atoms in total. The minimum absolute atomic E-state index is 0.164. The number of para-hydroxylation sites is 1. The van der Waals surface area contributed by atoms with E-state index in [0.717, 1.165) is 33.5 Å². The zero-order chi connectivity index (χ0) is 20.4. The maximum absolute atomic E-state index is 12.5. The number of carbonyl (C=O) groups excluding carboxylic acids is 1. The summed E-state index contributed by atoms with van der Waals surface area (Å²) in [5, 5.41) is 3.91. The number of rotatable bonds is 5. The van der Waals surface area contributed by atoms with Crippen LogP contribution in [0.15, 0.2) is 48.5 Å². The molecule has 0 aliphatic carbocycles. The predicted octanol–water partition coefficient (Wildman–Crippen LogP) is 3.91. The molecule has 2 heterocycles. The number of benzene rings is 2. The van der Waals surface area contributed by atoms with E-state index in [1.54, 1.807) is 12.1 Å². The van der Waals surface area contributed by atoms with Crippen LogP contribution in [0.2, 0.25) is 0 Å². The zero-order valence-corrected chi connectivity index (χ0v) is 16.7. The Morgan fingerprint density at radius 1 is 0.931 bits per heavy atom. The van der Waals surface area contributed by atoms with Gasteiger partial charge in [0.05, 0.1) is 29.0 Å². The van der Waals surface area contributed by atoms with E-state index in [1.165, 1.54) is 0 Å². The molecule has 1 amide bonds. The third kappa shape index (κ3) is 4.01. The number of nitrogens with zero attached hydrogens (tertiary/aromatic N) is 3. The van der Waals surface area contributed by atoms with Gasteiger partial charge < -0.3 is 10.1 Å². The molecule has 0 unspecified atom stereocenters. The lowest BCUT2D eigenvalue weighted by molar-refractivity contribution is 0.0947. The SMILES string of the molecule is Cc1ccc2cccc(OCCNC(=O)c3ccc4nc(C)c(C)nc4c3)c2n1. The van der Waals surface area contributed by atoms with Gasteiger partial charge in [-0.2, -0.15) is 0 Å². The zero-order valence-electron chi connectivity index (χ0n) is 16.7. The van der Waals surface area contributed by atoms with Crippen LogP contribution >= 0.6 is 0 Å². The molecule has 0 saturated heterocycles. The van der Waals surface area contributed by atoms with Crippen LogP contribution in [-0.4, -0.2) is 34.0 Å². The molecule has 0 fully saturated rings. The fourth-order valence-corrected chi connectivity index (χ4v) is 3.13. The van der Waals surface area contributed by atoms with E-state index in [2.05, 4.69) is 20.3 Å². The largest absolute Gasteiger partial charge is 0.489 e. The Bertz CT molecular complexity index is 1220. The van der Waals surface area contributed by atoms with E-state index in [4.69, 9.17) is 4.74 Å². The molecule has 4 rings (SSSR count). The summed E-state index contributed by atoms with van der Waals surface area (Å²) in [6, 6.07) is 15.2. The highest BCUT2D eigenvalue weighted by molar-refractivity contribution is 5.97. The molecule has 0 bridgehead atoms. The van der Waals surface area contributed by atoms with Gasteiger partial charge in [0.2, 0.25) is 0 Å². The van der Waals surface area contributed by atoms with Gasteiger partial charge in [-0.25, -0.2) is 15.0 Å². The first-order valence-corrected chi connectivity index (χ1v) is 9.53. The molecule has 0 aliphatic heterocycles. The molecule has 0 radical (unpaired) electrons. The molecule has 6 heteroatoms. The topological polar surface area (TPSA) is 77.0 Å². The second kappa shape index (κ2) is 7.83. The number of aryl methyl sites for hydroxylation is 3. The monoisotopic (exact) mass is 386 g/mol. The van der Waals surface area contributed by atoms with E-state index < -0.39 is 0 Å². The van der Waals surface area contributed by atoms with Gasteiger partial charge in [-0.15, -0.1) is 0 Å². The van der Waals surface area contributed by atoms with Crippen LogP contribution < -0.4 is 10.1 Å². The van der Waals surface area contributed by atoms with E-state index in [0.29, 0.717) is 30.0 Å². The van der Waals surface area contributed by atoms with E-state index in [-0.39, 0.29) is 5.91 Å². The van der Waals surface area contributed by atoms with Crippen LogP contribution in [0.5, 0.6) is 5.75 Å². The van der Waals surface area contributed by atoms with E-state index in [9.17, 15) is 4.79 Å². The minimum atomic E-state index is -0.164.